The van der Waals surface area contributed by atoms with Crippen molar-refractivity contribution in [2.24, 2.45) is 5.92 Å². The Morgan fingerprint density at radius 2 is 1.92 bits per heavy atom. The van der Waals surface area contributed by atoms with Crippen LogP contribution in [0.25, 0.3) is 0 Å². The van der Waals surface area contributed by atoms with Gasteiger partial charge in [-0.15, -0.1) is 0 Å². The van der Waals surface area contributed by atoms with Gasteiger partial charge >= 0.3 is 0 Å². The van der Waals surface area contributed by atoms with Crippen molar-refractivity contribution in [1.29, 1.82) is 0 Å². The van der Waals surface area contributed by atoms with Gasteiger partial charge in [-0.2, -0.15) is 0 Å². The van der Waals surface area contributed by atoms with Crippen LogP contribution in [0.4, 0.5) is 10.2 Å². The van der Waals surface area contributed by atoms with E-state index in [1.54, 1.807) is 18.3 Å². The molecule has 138 valence electrons. The van der Waals surface area contributed by atoms with Crippen LogP contribution < -0.4 is 9.64 Å². The van der Waals surface area contributed by atoms with Crippen LogP contribution in [0.1, 0.15) is 12.8 Å². The van der Waals surface area contributed by atoms with Crippen molar-refractivity contribution < 1.29 is 9.13 Å². The molecule has 26 heavy (non-hydrogen) atoms. The molecule has 0 radical (unpaired) electrons. The van der Waals surface area contributed by atoms with Crippen molar-refractivity contribution in [2.45, 2.75) is 18.9 Å². The summed E-state index contributed by atoms with van der Waals surface area (Å²) in [5, 5.41) is 0.675. The molecule has 2 aromatic rings. The predicted molar refractivity (Wildman–Crippen MR) is 101 cm³/mol. The predicted octanol–water partition coefficient (Wildman–Crippen LogP) is 3.85. The molecule has 6 heteroatoms. The zero-order valence-electron chi connectivity index (χ0n) is 14.7. The van der Waals surface area contributed by atoms with Crippen LogP contribution in [0.2, 0.25) is 5.02 Å². The van der Waals surface area contributed by atoms with E-state index in [4.69, 9.17) is 16.3 Å². The lowest BCUT2D eigenvalue weighted by atomic mass is 9.91. The highest BCUT2D eigenvalue weighted by Gasteiger charge is 2.33. The van der Waals surface area contributed by atoms with Crippen molar-refractivity contribution in [3.63, 3.8) is 0 Å². The molecular formula is C20H23ClFN3O. The second kappa shape index (κ2) is 7.80. The lowest BCUT2D eigenvalue weighted by Crippen LogP contribution is -2.57. The van der Waals surface area contributed by atoms with E-state index in [2.05, 4.69) is 14.8 Å². The first-order valence-electron chi connectivity index (χ1n) is 9.16. The first-order valence-corrected chi connectivity index (χ1v) is 9.54. The molecule has 0 amide bonds. The Labute approximate surface area is 158 Å². The van der Waals surface area contributed by atoms with Crippen molar-refractivity contribution in [2.75, 3.05) is 37.7 Å². The molecule has 2 fully saturated rings. The van der Waals surface area contributed by atoms with Crippen molar-refractivity contribution >= 4 is 17.4 Å². The van der Waals surface area contributed by atoms with Gasteiger partial charge in [0.25, 0.3) is 0 Å². The van der Waals surface area contributed by atoms with Crippen LogP contribution in [0, 0.1) is 11.7 Å². The molecule has 1 aromatic heterocycles. The number of piperidine rings is 1. The number of pyridine rings is 1. The average molecular weight is 376 g/mol. The molecule has 0 spiro atoms. The summed E-state index contributed by atoms with van der Waals surface area (Å²) in [7, 11) is 0. The van der Waals surface area contributed by atoms with Crippen LogP contribution in [0.3, 0.4) is 0 Å². The van der Waals surface area contributed by atoms with E-state index in [1.165, 1.54) is 18.6 Å². The van der Waals surface area contributed by atoms with E-state index >= 15 is 0 Å². The maximum Gasteiger partial charge on any atom is 0.128 e. The van der Waals surface area contributed by atoms with E-state index in [0.29, 0.717) is 23.6 Å². The van der Waals surface area contributed by atoms with E-state index < -0.39 is 0 Å². The van der Waals surface area contributed by atoms with Crippen LogP contribution in [-0.2, 0) is 0 Å². The van der Waals surface area contributed by atoms with Crippen molar-refractivity contribution in [3.05, 3.63) is 53.4 Å². The lowest BCUT2D eigenvalue weighted by molar-refractivity contribution is 0.0727. The van der Waals surface area contributed by atoms with Gasteiger partial charge in [-0.1, -0.05) is 11.6 Å². The van der Waals surface area contributed by atoms with Crippen LogP contribution in [0.5, 0.6) is 5.75 Å². The molecule has 2 saturated heterocycles. The molecule has 0 aliphatic carbocycles. The molecule has 4 rings (SSSR count). The molecule has 2 atom stereocenters. The van der Waals surface area contributed by atoms with E-state index in [9.17, 15) is 4.39 Å². The Balaban J connectivity index is 1.29. The molecule has 3 heterocycles. The number of fused-ring (bicyclic) bond motifs is 1. The van der Waals surface area contributed by atoms with Gasteiger partial charge in [0.2, 0.25) is 0 Å². The number of nitrogens with zero attached hydrogens (tertiary/aromatic N) is 3. The lowest BCUT2D eigenvalue weighted by Gasteiger charge is -2.46. The summed E-state index contributed by atoms with van der Waals surface area (Å²) in [6.07, 6.45) is 4.04. The summed E-state index contributed by atoms with van der Waals surface area (Å²) in [6, 6.07) is 10.7. The number of anilines is 1. The van der Waals surface area contributed by atoms with Crippen molar-refractivity contribution in [3.8, 4) is 5.75 Å². The van der Waals surface area contributed by atoms with E-state index in [0.717, 1.165) is 44.2 Å². The first-order chi connectivity index (χ1) is 12.7. The standard InChI is InChI=1S/C20H23ClFN3O/c21-16-2-8-20(23-11-16)25-10-9-24-12-15(1-5-18(24)13-25)14-26-19-6-3-17(22)4-7-19/h2-4,6-8,11,15,18H,1,5,9-10,12-14H2. The summed E-state index contributed by atoms with van der Waals surface area (Å²) < 4.78 is 18.8. The van der Waals surface area contributed by atoms with Gasteiger partial charge in [0.15, 0.2) is 0 Å². The largest absolute Gasteiger partial charge is 0.493 e. The molecule has 2 unspecified atom stereocenters. The number of hydrogen-bond acceptors (Lipinski definition) is 4. The summed E-state index contributed by atoms with van der Waals surface area (Å²) in [5.41, 5.74) is 0. The number of rotatable bonds is 4. The summed E-state index contributed by atoms with van der Waals surface area (Å²) in [6.45, 7) is 4.80. The SMILES string of the molecule is Fc1ccc(OCC2CCC3CN(c4ccc(Cl)cn4)CCN3C2)cc1. The van der Waals surface area contributed by atoms with Gasteiger partial charge in [0.1, 0.15) is 17.4 Å². The average Bonchev–Trinajstić information content (AvgIpc) is 2.67. The summed E-state index contributed by atoms with van der Waals surface area (Å²) >= 11 is 5.94. The fraction of sp³-hybridized carbons (Fsp3) is 0.450. The molecule has 0 saturated carbocycles. The number of hydrogen-bond donors (Lipinski definition) is 0. The zero-order valence-corrected chi connectivity index (χ0v) is 15.4. The summed E-state index contributed by atoms with van der Waals surface area (Å²) in [5.74, 6) is 2.05. The molecule has 4 nitrogen and oxygen atoms in total. The Hall–Kier alpha value is -1.85. The first kappa shape index (κ1) is 17.6. The molecule has 0 bridgehead atoms. The highest BCUT2D eigenvalue weighted by atomic mass is 35.5. The smallest absolute Gasteiger partial charge is 0.128 e. The second-order valence-corrected chi connectivity index (χ2v) is 7.57. The maximum atomic E-state index is 13.0. The Morgan fingerprint density at radius 1 is 1.08 bits per heavy atom. The number of aromatic nitrogens is 1. The van der Waals surface area contributed by atoms with Gasteiger partial charge in [-0.05, 0) is 49.2 Å². The molecule has 0 N–H and O–H groups in total. The Kier molecular flexibility index (Phi) is 5.27. The number of ether oxygens (including phenoxy) is 1. The maximum absolute atomic E-state index is 13.0. The van der Waals surface area contributed by atoms with Gasteiger partial charge < -0.3 is 9.64 Å². The zero-order chi connectivity index (χ0) is 17.9. The van der Waals surface area contributed by atoms with E-state index in [-0.39, 0.29) is 5.82 Å². The van der Waals surface area contributed by atoms with Gasteiger partial charge in [0.05, 0.1) is 11.6 Å². The van der Waals surface area contributed by atoms with Crippen molar-refractivity contribution in [1.82, 2.24) is 9.88 Å². The second-order valence-electron chi connectivity index (χ2n) is 7.14. The van der Waals surface area contributed by atoms with Crippen LogP contribution in [0.15, 0.2) is 42.6 Å². The molecule has 1 aromatic carbocycles. The number of piperazine rings is 1. The van der Waals surface area contributed by atoms with Gasteiger partial charge in [-0.25, -0.2) is 9.37 Å². The quantitative estimate of drug-likeness (QED) is 0.811. The van der Waals surface area contributed by atoms with E-state index in [1.807, 2.05) is 12.1 Å². The minimum Gasteiger partial charge on any atom is -0.493 e. The Bertz CT molecular complexity index is 725. The number of benzene rings is 1. The number of halogens is 2. The molecule has 2 aliphatic heterocycles. The minimum atomic E-state index is -0.231. The fourth-order valence-corrected chi connectivity index (χ4v) is 4.01. The van der Waals surface area contributed by atoms with Crippen LogP contribution in [-0.4, -0.2) is 48.7 Å². The van der Waals surface area contributed by atoms with Gasteiger partial charge in [-0.3, -0.25) is 4.90 Å². The summed E-state index contributed by atoms with van der Waals surface area (Å²) in [4.78, 5) is 9.38. The fourth-order valence-electron chi connectivity index (χ4n) is 3.90. The normalized spacial score (nSPS) is 23.5. The molecule has 2 aliphatic rings. The Morgan fingerprint density at radius 3 is 2.69 bits per heavy atom. The minimum absolute atomic E-state index is 0.231. The third-order valence-corrected chi connectivity index (χ3v) is 5.56. The third-order valence-electron chi connectivity index (χ3n) is 5.34. The molecular weight excluding hydrogens is 353 g/mol. The monoisotopic (exact) mass is 375 g/mol. The third kappa shape index (κ3) is 4.10. The topological polar surface area (TPSA) is 28.6 Å². The highest BCUT2D eigenvalue weighted by molar-refractivity contribution is 6.30. The van der Waals surface area contributed by atoms with Gasteiger partial charge in [0, 0.05) is 44.3 Å². The van der Waals surface area contributed by atoms with Crippen LogP contribution >= 0.6 is 11.6 Å². The highest BCUT2D eigenvalue weighted by Crippen LogP contribution is 2.28.